The van der Waals surface area contributed by atoms with Gasteiger partial charge in [0.15, 0.2) is 11.3 Å². The molecule has 58 heavy (non-hydrogen) atoms. The molecular weight excluding hydrogens is 777 g/mol. The number of ether oxygens (including phenoxy) is 3. The van der Waals surface area contributed by atoms with Crippen LogP contribution in [0.3, 0.4) is 0 Å². The molecule has 2 aliphatic carbocycles. The minimum Gasteiger partial charge on any atom is -0.481 e. The smallest absolute Gasteiger partial charge is 0.481 e. The number of aliphatic carboxylic acids is 1. The summed E-state index contributed by atoms with van der Waals surface area (Å²) < 4.78 is 64.7. The van der Waals surface area contributed by atoms with Gasteiger partial charge in [0, 0.05) is 48.9 Å². The molecule has 2 aliphatic heterocycles. The van der Waals surface area contributed by atoms with E-state index in [0.29, 0.717) is 79.5 Å². The summed E-state index contributed by atoms with van der Waals surface area (Å²) in [7, 11) is 1.56. The molecule has 0 amide bonds. The van der Waals surface area contributed by atoms with E-state index in [4.69, 9.17) is 30.5 Å². The van der Waals surface area contributed by atoms with Crippen molar-refractivity contribution in [2.24, 2.45) is 5.92 Å². The fourth-order valence-corrected chi connectivity index (χ4v) is 9.64. The zero-order chi connectivity index (χ0) is 40.5. The number of aliphatic hydroxyl groups excluding tert-OH is 1. The highest BCUT2D eigenvalue weighted by atomic mass is 35.5. The van der Waals surface area contributed by atoms with E-state index < -0.39 is 18.2 Å². The number of nitrogens with zero attached hydrogens (tertiary/aromatic N) is 4. The van der Waals surface area contributed by atoms with Crippen molar-refractivity contribution >= 4 is 28.7 Å². The molecule has 3 aromatic carbocycles. The van der Waals surface area contributed by atoms with Crippen LogP contribution in [-0.4, -0.2) is 81.7 Å². The van der Waals surface area contributed by atoms with E-state index in [1.54, 1.807) is 13.2 Å². The summed E-state index contributed by atoms with van der Waals surface area (Å²) in [6, 6.07) is 15.1. The number of aromatic nitrogens is 2. The Bertz CT molecular complexity index is 2420. The number of alkyl halides is 3. The number of aliphatic hydroxyl groups is 1. The molecule has 0 unspecified atom stereocenters. The van der Waals surface area contributed by atoms with Crippen molar-refractivity contribution in [2.45, 2.75) is 76.6 Å². The van der Waals surface area contributed by atoms with Crippen LogP contribution in [0.4, 0.5) is 13.2 Å². The highest BCUT2D eigenvalue weighted by Gasteiger charge is 2.41. The summed E-state index contributed by atoms with van der Waals surface area (Å²) in [5, 5.41) is 19.9. The van der Waals surface area contributed by atoms with Gasteiger partial charge in [0.25, 0.3) is 0 Å². The normalized spacial score (nSPS) is 22.1. The van der Waals surface area contributed by atoms with Gasteiger partial charge in [-0.1, -0.05) is 41.9 Å². The van der Waals surface area contributed by atoms with Gasteiger partial charge in [0.2, 0.25) is 17.7 Å². The molecule has 2 aromatic heterocycles. The second-order valence-electron chi connectivity index (χ2n) is 15.7. The number of hydrogen-bond donors (Lipinski definition) is 2. The van der Waals surface area contributed by atoms with Crippen molar-refractivity contribution in [1.82, 2.24) is 19.8 Å². The lowest BCUT2D eigenvalue weighted by Crippen LogP contribution is -2.26. The molecule has 4 heterocycles. The molecule has 0 spiro atoms. The summed E-state index contributed by atoms with van der Waals surface area (Å²) in [5.41, 5.74) is 7.53. The maximum absolute atomic E-state index is 13.9. The van der Waals surface area contributed by atoms with Gasteiger partial charge in [0.1, 0.15) is 16.6 Å². The fraction of sp³-hybridized carbons (Fsp3) is 0.419. The molecule has 2 saturated heterocycles. The Morgan fingerprint density at radius 1 is 0.948 bits per heavy atom. The number of methoxy groups -OCH3 is 1. The van der Waals surface area contributed by atoms with Crippen LogP contribution >= 0.6 is 11.6 Å². The Hall–Kier alpha value is -4.89. The molecular formula is C43H42ClF3N4O7. The SMILES string of the molecule is COc1nc(O[C@H]2CCc3c(-c4cccc(-c5nc6cc7c(c(OC(F)(F)F)c6o5)CC[C@H]7N5CC[C@@H](C(=O)O)C5)c4C)cccc32)c(Cl)cc1CN1CC[C@@H](O)C1. The number of carbonyl (C=O) groups is 1. The second-order valence-corrected chi connectivity index (χ2v) is 16.1. The number of β-amino-alcohol motifs (C(OH)–C–C–N with tert-alkyl or cyclic N) is 1. The number of pyridine rings is 1. The van der Waals surface area contributed by atoms with Crippen LogP contribution < -0.4 is 14.2 Å². The third kappa shape index (κ3) is 7.14. The highest BCUT2D eigenvalue weighted by Crippen LogP contribution is 2.49. The number of oxazole rings is 1. The Labute approximate surface area is 337 Å². The van der Waals surface area contributed by atoms with Crippen LogP contribution in [0.15, 0.2) is 52.9 Å². The molecule has 0 saturated carbocycles. The lowest BCUT2D eigenvalue weighted by atomic mass is 9.91. The molecule has 0 bridgehead atoms. The average molecular weight is 819 g/mol. The van der Waals surface area contributed by atoms with Gasteiger partial charge < -0.3 is 28.8 Å². The van der Waals surface area contributed by atoms with Crippen LogP contribution in [0.2, 0.25) is 5.02 Å². The lowest BCUT2D eigenvalue weighted by Gasteiger charge is -2.24. The van der Waals surface area contributed by atoms with Gasteiger partial charge in [-0.25, -0.2) is 4.98 Å². The maximum atomic E-state index is 13.9. The van der Waals surface area contributed by atoms with Gasteiger partial charge in [-0.15, -0.1) is 13.2 Å². The van der Waals surface area contributed by atoms with Crippen molar-refractivity contribution in [1.29, 1.82) is 0 Å². The maximum Gasteiger partial charge on any atom is 0.573 e. The third-order valence-electron chi connectivity index (χ3n) is 12.2. The number of carboxylic acids is 1. The van der Waals surface area contributed by atoms with E-state index in [1.165, 1.54) is 0 Å². The molecule has 2 N–H and O–H groups in total. The molecule has 4 atom stereocenters. The van der Waals surface area contributed by atoms with Gasteiger partial charge in [-0.05, 0) is 104 Å². The summed E-state index contributed by atoms with van der Waals surface area (Å²) in [6.07, 6.45) is -2.15. The van der Waals surface area contributed by atoms with Crippen molar-refractivity contribution < 1.29 is 46.8 Å². The third-order valence-corrected chi connectivity index (χ3v) is 12.4. The Balaban J connectivity index is 1.02. The zero-order valence-corrected chi connectivity index (χ0v) is 32.7. The Morgan fingerprint density at radius 3 is 2.47 bits per heavy atom. The van der Waals surface area contributed by atoms with E-state index in [0.717, 1.165) is 52.8 Å². The summed E-state index contributed by atoms with van der Waals surface area (Å²) in [4.78, 5) is 25.3. The first-order valence-corrected chi connectivity index (χ1v) is 19.9. The zero-order valence-electron chi connectivity index (χ0n) is 31.9. The molecule has 5 aromatic rings. The predicted octanol–water partition coefficient (Wildman–Crippen LogP) is 8.45. The van der Waals surface area contributed by atoms with Gasteiger partial charge in [0.05, 0.1) is 19.1 Å². The number of carboxylic acid groups (broad SMARTS) is 1. The minimum absolute atomic E-state index is 0.0752. The highest BCUT2D eigenvalue weighted by molar-refractivity contribution is 6.31. The molecule has 15 heteroatoms. The molecule has 9 rings (SSSR count). The number of rotatable bonds is 10. The first-order valence-electron chi connectivity index (χ1n) is 19.6. The number of hydrogen-bond acceptors (Lipinski definition) is 10. The largest absolute Gasteiger partial charge is 0.573 e. The fourth-order valence-electron chi connectivity index (χ4n) is 9.42. The van der Waals surface area contributed by atoms with E-state index in [1.807, 2.05) is 54.3 Å². The standard InChI is InChI=1S/C43H42ClF3N4O7/c1-22-26(28-7-4-8-30-29(28)10-12-36(30)56-41-33(44)17-24(39(49-41)55-2)19-50-15-14-25(52)21-50)5-3-6-27(22)40-48-34-18-32-31(37(38(34)57-40)58-43(45,46)47)9-11-35(32)51-16-13-23(20-51)42(53)54/h3-8,17-18,23,25,35-36,52H,9-16,19-21H2,1-2H3,(H,53,54)/t23-,25-,35-,36+/m1/s1. The minimum atomic E-state index is -4.96. The van der Waals surface area contributed by atoms with Crippen LogP contribution in [0.25, 0.3) is 33.7 Å². The molecule has 11 nitrogen and oxygen atoms in total. The van der Waals surface area contributed by atoms with Crippen LogP contribution in [0.1, 0.15) is 71.2 Å². The lowest BCUT2D eigenvalue weighted by molar-refractivity contribution is -0.274. The monoisotopic (exact) mass is 818 g/mol. The number of fused-ring (bicyclic) bond motifs is 3. The quantitative estimate of drug-likeness (QED) is 0.141. The summed E-state index contributed by atoms with van der Waals surface area (Å²) in [6.45, 7) is 4.71. The van der Waals surface area contributed by atoms with Gasteiger partial charge in [-0.3, -0.25) is 14.6 Å². The van der Waals surface area contributed by atoms with E-state index in [-0.39, 0.29) is 46.9 Å². The van der Waals surface area contributed by atoms with Gasteiger partial charge in [-0.2, -0.15) is 4.98 Å². The van der Waals surface area contributed by atoms with Crippen LogP contribution in [0.5, 0.6) is 17.5 Å². The Kier molecular flexibility index (Phi) is 10.0. The first kappa shape index (κ1) is 38.6. The first-order chi connectivity index (χ1) is 27.8. The number of halogens is 4. The summed E-state index contributed by atoms with van der Waals surface area (Å²) >= 11 is 6.74. The van der Waals surface area contributed by atoms with Crippen molar-refractivity contribution in [3.8, 4) is 40.1 Å². The molecule has 0 radical (unpaired) electrons. The average Bonchev–Trinajstić information content (AvgIpc) is 4.03. The van der Waals surface area contributed by atoms with Crippen molar-refractivity contribution in [3.63, 3.8) is 0 Å². The Morgan fingerprint density at radius 2 is 1.72 bits per heavy atom. The van der Waals surface area contributed by atoms with E-state index >= 15 is 0 Å². The molecule has 2 fully saturated rings. The molecule has 4 aliphatic rings. The van der Waals surface area contributed by atoms with E-state index in [9.17, 15) is 28.2 Å². The van der Waals surface area contributed by atoms with Crippen molar-refractivity contribution in [3.05, 3.63) is 86.9 Å². The van der Waals surface area contributed by atoms with Crippen molar-refractivity contribution in [2.75, 3.05) is 33.3 Å². The number of likely N-dealkylation sites (tertiary alicyclic amines) is 2. The summed E-state index contributed by atoms with van der Waals surface area (Å²) in [5.74, 6) is -0.911. The predicted molar refractivity (Wildman–Crippen MR) is 208 cm³/mol. The van der Waals surface area contributed by atoms with E-state index in [2.05, 4.69) is 14.6 Å². The molecule has 304 valence electrons. The van der Waals surface area contributed by atoms with Crippen LogP contribution in [-0.2, 0) is 24.2 Å². The number of benzene rings is 3. The van der Waals surface area contributed by atoms with Crippen LogP contribution in [0, 0.1) is 12.8 Å². The van der Waals surface area contributed by atoms with Gasteiger partial charge >= 0.3 is 12.3 Å². The second kappa shape index (κ2) is 15.0. The topological polar surface area (TPSA) is 131 Å².